The summed E-state index contributed by atoms with van der Waals surface area (Å²) in [4.78, 5) is 16.3. The number of amides is 2. The molecule has 1 atom stereocenters. The highest BCUT2D eigenvalue weighted by Crippen LogP contribution is 2.27. The van der Waals surface area contributed by atoms with Crippen LogP contribution in [0.2, 0.25) is 0 Å². The number of urea groups is 1. The molecule has 4 rings (SSSR count). The van der Waals surface area contributed by atoms with Gasteiger partial charge in [-0.2, -0.15) is 0 Å². The Morgan fingerprint density at radius 1 is 0.917 bits per heavy atom. The molecule has 3 nitrogen and oxygen atoms in total. The van der Waals surface area contributed by atoms with Gasteiger partial charge in [-0.3, -0.25) is 4.90 Å². The average molecular weight is 316 g/mol. The fourth-order valence-electron chi connectivity index (χ4n) is 3.52. The minimum Gasteiger partial charge on any atom is -0.325 e. The number of carbonyl (C=O) groups is 1. The molecule has 1 fully saturated rings. The Hall–Kier alpha value is -2.81. The van der Waals surface area contributed by atoms with Crippen LogP contribution in [-0.2, 0) is 6.42 Å². The third-order valence-corrected chi connectivity index (χ3v) is 4.70. The van der Waals surface area contributed by atoms with E-state index in [0.717, 1.165) is 18.7 Å². The van der Waals surface area contributed by atoms with Gasteiger partial charge in [-0.15, -0.1) is 0 Å². The summed E-state index contributed by atoms with van der Waals surface area (Å²) in [6, 6.07) is 25.1. The van der Waals surface area contributed by atoms with E-state index in [4.69, 9.17) is 0 Å². The van der Waals surface area contributed by atoms with Gasteiger partial charge in [-0.1, -0.05) is 60.7 Å². The van der Waals surface area contributed by atoms with Crippen LogP contribution >= 0.6 is 0 Å². The Bertz CT molecular complexity index is 875. The van der Waals surface area contributed by atoms with Gasteiger partial charge >= 0.3 is 6.03 Å². The van der Waals surface area contributed by atoms with E-state index in [9.17, 15) is 4.79 Å². The van der Waals surface area contributed by atoms with Gasteiger partial charge in [0.2, 0.25) is 0 Å². The van der Waals surface area contributed by atoms with Crippen LogP contribution in [0.15, 0.2) is 72.8 Å². The van der Waals surface area contributed by atoms with Crippen LogP contribution in [0.4, 0.5) is 10.5 Å². The van der Waals surface area contributed by atoms with Crippen molar-refractivity contribution >= 4 is 22.5 Å². The molecule has 0 bridgehead atoms. The molecule has 0 unspecified atom stereocenters. The molecule has 3 aromatic carbocycles. The van der Waals surface area contributed by atoms with Gasteiger partial charge in [-0.25, -0.2) is 4.79 Å². The number of carbonyl (C=O) groups excluding carboxylic acids is 1. The molecular formula is C21H20N2O. The quantitative estimate of drug-likeness (QED) is 0.706. The number of benzene rings is 3. The summed E-state index contributed by atoms with van der Waals surface area (Å²) in [6.45, 7) is 0.751. The van der Waals surface area contributed by atoms with Crippen molar-refractivity contribution in [3.05, 3.63) is 78.4 Å². The molecule has 0 radical (unpaired) electrons. The second-order valence-corrected chi connectivity index (χ2v) is 6.41. The minimum atomic E-state index is 0.0759. The fraction of sp³-hybridized carbons (Fsp3) is 0.190. The molecule has 0 saturated carbocycles. The Balaban J connectivity index is 1.65. The number of nitrogens with zero attached hydrogens (tertiary/aromatic N) is 2. The molecule has 24 heavy (non-hydrogen) atoms. The van der Waals surface area contributed by atoms with Gasteiger partial charge in [0.15, 0.2) is 0 Å². The second-order valence-electron chi connectivity index (χ2n) is 6.41. The van der Waals surface area contributed by atoms with E-state index in [-0.39, 0.29) is 12.1 Å². The zero-order valence-electron chi connectivity index (χ0n) is 13.7. The molecule has 1 aliphatic rings. The minimum absolute atomic E-state index is 0.0759. The lowest BCUT2D eigenvalue weighted by atomic mass is 10.0. The average Bonchev–Trinajstić information content (AvgIpc) is 2.89. The zero-order chi connectivity index (χ0) is 16.5. The Morgan fingerprint density at radius 3 is 2.42 bits per heavy atom. The van der Waals surface area contributed by atoms with E-state index >= 15 is 0 Å². The molecule has 3 aromatic rings. The maximum atomic E-state index is 12.6. The lowest BCUT2D eigenvalue weighted by Crippen LogP contribution is -2.35. The predicted molar refractivity (Wildman–Crippen MR) is 98.4 cm³/mol. The van der Waals surface area contributed by atoms with Gasteiger partial charge in [0.25, 0.3) is 0 Å². The molecule has 1 heterocycles. The number of fused-ring (bicyclic) bond motifs is 1. The third-order valence-electron chi connectivity index (χ3n) is 4.70. The number of rotatable bonds is 3. The summed E-state index contributed by atoms with van der Waals surface area (Å²) in [5.74, 6) is 0. The first-order valence-electron chi connectivity index (χ1n) is 8.29. The van der Waals surface area contributed by atoms with Crippen LogP contribution in [-0.4, -0.2) is 30.6 Å². The van der Waals surface area contributed by atoms with Gasteiger partial charge < -0.3 is 4.90 Å². The lowest BCUT2D eigenvalue weighted by Gasteiger charge is -2.23. The van der Waals surface area contributed by atoms with Crippen LogP contribution in [0.25, 0.3) is 10.8 Å². The predicted octanol–water partition coefficient (Wildman–Crippen LogP) is 4.32. The van der Waals surface area contributed by atoms with Crippen molar-refractivity contribution in [1.82, 2.24) is 4.90 Å². The summed E-state index contributed by atoms with van der Waals surface area (Å²) in [5, 5.41) is 2.50. The first-order valence-corrected chi connectivity index (χ1v) is 8.29. The Labute approximate surface area is 142 Å². The highest BCUT2D eigenvalue weighted by Gasteiger charge is 2.35. The van der Waals surface area contributed by atoms with Gasteiger partial charge in [0, 0.05) is 19.3 Å². The first-order chi connectivity index (χ1) is 11.7. The zero-order valence-corrected chi connectivity index (χ0v) is 13.7. The van der Waals surface area contributed by atoms with Gasteiger partial charge in [-0.05, 0) is 34.9 Å². The Morgan fingerprint density at radius 2 is 1.62 bits per heavy atom. The van der Waals surface area contributed by atoms with Crippen LogP contribution in [0, 0.1) is 0 Å². The van der Waals surface area contributed by atoms with E-state index in [1.54, 1.807) is 4.90 Å². The summed E-state index contributed by atoms with van der Waals surface area (Å²) in [5.41, 5.74) is 2.24. The number of hydrogen-bond donors (Lipinski definition) is 0. The Kier molecular flexibility index (Phi) is 3.69. The van der Waals surface area contributed by atoms with Crippen LogP contribution in [0.3, 0.4) is 0 Å². The highest BCUT2D eigenvalue weighted by molar-refractivity contribution is 5.95. The second kappa shape index (κ2) is 6.00. The molecule has 3 heteroatoms. The van der Waals surface area contributed by atoms with Crippen LogP contribution < -0.4 is 4.90 Å². The molecule has 1 aliphatic heterocycles. The maximum Gasteiger partial charge on any atom is 0.324 e. The molecule has 1 saturated heterocycles. The number of hydrogen-bond acceptors (Lipinski definition) is 1. The number of para-hydroxylation sites is 1. The summed E-state index contributed by atoms with van der Waals surface area (Å²) in [7, 11) is 1.87. The normalized spacial score (nSPS) is 17.7. The van der Waals surface area contributed by atoms with Crippen LogP contribution in [0.5, 0.6) is 0 Å². The largest absolute Gasteiger partial charge is 0.325 e. The molecule has 2 amide bonds. The fourth-order valence-corrected chi connectivity index (χ4v) is 3.52. The van der Waals surface area contributed by atoms with Crippen molar-refractivity contribution in [2.75, 3.05) is 18.5 Å². The van der Waals surface area contributed by atoms with E-state index in [1.807, 2.05) is 42.3 Å². The number of likely N-dealkylation sites (N-methyl/N-ethyl adjacent to an activating group) is 1. The van der Waals surface area contributed by atoms with Crippen molar-refractivity contribution in [3.8, 4) is 0 Å². The summed E-state index contributed by atoms with van der Waals surface area (Å²) < 4.78 is 0. The molecular weight excluding hydrogens is 296 g/mol. The SMILES string of the molecule is CN1C[C@@H](Cc2ccc3ccccc3c2)N(c2ccccc2)C1=O. The number of anilines is 1. The monoisotopic (exact) mass is 316 g/mol. The van der Waals surface area contributed by atoms with Gasteiger partial charge in [0.05, 0.1) is 6.04 Å². The first kappa shape index (κ1) is 14.8. The van der Waals surface area contributed by atoms with E-state index < -0.39 is 0 Å². The summed E-state index contributed by atoms with van der Waals surface area (Å²) >= 11 is 0. The molecule has 0 aliphatic carbocycles. The van der Waals surface area contributed by atoms with E-state index in [0.29, 0.717) is 0 Å². The third kappa shape index (κ3) is 2.62. The van der Waals surface area contributed by atoms with Crippen molar-refractivity contribution < 1.29 is 4.79 Å². The maximum absolute atomic E-state index is 12.6. The smallest absolute Gasteiger partial charge is 0.324 e. The van der Waals surface area contributed by atoms with Crippen molar-refractivity contribution in [2.24, 2.45) is 0 Å². The van der Waals surface area contributed by atoms with Crippen molar-refractivity contribution in [3.63, 3.8) is 0 Å². The van der Waals surface area contributed by atoms with E-state index in [1.165, 1.54) is 16.3 Å². The van der Waals surface area contributed by atoms with E-state index in [2.05, 4.69) is 42.5 Å². The standard InChI is InChI=1S/C21H20N2O/c1-22-15-20(23(21(22)24)19-9-3-2-4-10-19)14-16-11-12-17-7-5-6-8-18(17)13-16/h2-13,20H,14-15H2,1H3/t20-/m1/s1. The molecule has 0 spiro atoms. The van der Waals surface area contributed by atoms with Crippen molar-refractivity contribution in [1.29, 1.82) is 0 Å². The molecule has 0 aromatic heterocycles. The molecule has 0 N–H and O–H groups in total. The van der Waals surface area contributed by atoms with Crippen molar-refractivity contribution in [2.45, 2.75) is 12.5 Å². The topological polar surface area (TPSA) is 23.6 Å². The molecule has 120 valence electrons. The summed E-state index contributed by atoms with van der Waals surface area (Å²) in [6.07, 6.45) is 0.857. The highest BCUT2D eigenvalue weighted by atomic mass is 16.2. The van der Waals surface area contributed by atoms with Gasteiger partial charge in [0.1, 0.15) is 0 Å². The lowest BCUT2D eigenvalue weighted by molar-refractivity contribution is 0.229. The van der Waals surface area contributed by atoms with Crippen LogP contribution in [0.1, 0.15) is 5.56 Å².